The van der Waals surface area contributed by atoms with Crippen LogP contribution in [-0.4, -0.2) is 43.3 Å². The average molecular weight is 552 g/mol. The molecule has 0 aromatic carbocycles. The van der Waals surface area contributed by atoms with E-state index in [-0.39, 0.29) is 27.9 Å². The fourth-order valence-electron chi connectivity index (χ4n) is 8.14. The number of hydrogen-bond acceptors (Lipinski definition) is 4. The van der Waals surface area contributed by atoms with Crippen molar-refractivity contribution in [2.45, 2.75) is 91.6 Å². The predicted octanol–water partition coefficient (Wildman–Crippen LogP) is 5.94. The summed E-state index contributed by atoms with van der Waals surface area (Å²) in [6.45, 7) is 10.8. The molecule has 5 nitrogen and oxygen atoms in total. The van der Waals surface area contributed by atoms with E-state index in [0.717, 1.165) is 32.1 Å². The van der Waals surface area contributed by atoms with Gasteiger partial charge in [-0.15, -0.1) is 0 Å². The van der Waals surface area contributed by atoms with Gasteiger partial charge in [-0.25, -0.2) is 12.7 Å². The van der Waals surface area contributed by atoms with Crippen LogP contribution in [0.2, 0.25) is 0 Å². The minimum absolute atomic E-state index is 0.132. The number of carbonyl (C=O) groups excluding carboxylic acids is 1. The largest absolute Gasteiger partial charge is 0.377 e. The summed E-state index contributed by atoms with van der Waals surface area (Å²) in [7, 11) is -0.372. The number of nitrogens with zero attached hydrogens (tertiary/aromatic N) is 1. The zero-order valence-electron chi connectivity index (χ0n) is 24.7. The van der Waals surface area contributed by atoms with Crippen LogP contribution in [0.15, 0.2) is 45.9 Å². The summed E-state index contributed by atoms with van der Waals surface area (Å²) in [5, 5.41) is 12.2. The van der Waals surface area contributed by atoms with E-state index in [4.69, 9.17) is 0 Å². The quantitative estimate of drug-likeness (QED) is 0.441. The molecule has 0 heterocycles. The zero-order valence-corrected chi connectivity index (χ0v) is 25.5. The molecular formula is C33H45NO4S. The molecule has 39 heavy (non-hydrogen) atoms. The van der Waals surface area contributed by atoms with Crippen molar-refractivity contribution in [3.8, 4) is 11.8 Å². The third-order valence-electron chi connectivity index (χ3n) is 10.5. The number of fused-ring (bicyclic) bond motifs is 4. The molecule has 1 unspecified atom stereocenters. The van der Waals surface area contributed by atoms with Crippen LogP contribution in [0.3, 0.4) is 0 Å². The van der Waals surface area contributed by atoms with Crippen molar-refractivity contribution in [3.05, 3.63) is 45.9 Å². The summed E-state index contributed by atoms with van der Waals surface area (Å²) in [5.41, 5.74) is 2.15. The Morgan fingerprint density at radius 3 is 2.44 bits per heavy atom. The van der Waals surface area contributed by atoms with Crippen LogP contribution in [-0.2, 0) is 14.8 Å². The second-order valence-corrected chi connectivity index (χ2v) is 16.5. The van der Waals surface area contributed by atoms with Crippen LogP contribution in [0, 0.1) is 45.8 Å². The lowest BCUT2D eigenvalue weighted by atomic mass is 9.47. The summed E-state index contributed by atoms with van der Waals surface area (Å²) in [6, 6.07) is 0. The number of hydrogen-bond donors (Lipinski definition) is 1. The molecule has 0 aliphatic heterocycles. The van der Waals surface area contributed by atoms with E-state index in [1.54, 1.807) is 20.2 Å². The maximum atomic E-state index is 12.9. The van der Waals surface area contributed by atoms with Crippen LogP contribution in [0.25, 0.3) is 0 Å². The highest BCUT2D eigenvalue weighted by atomic mass is 32.2. The summed E-state index contributed by atoms with van der Waals surface area (Å²) in [6.07, 6.45) is 14.0. The molecule has 0 radical (unpaired) electrons. The first-order valence-corrected chi connectivity index (χ1v) is 16.0. The summed E-state index contributed by atoms with van der Waals surface area (Å²) in [5.74, 6) is 7.80. The van der Waals surface area contributed by atoms with Crippen molar-refractivity contribution >= 4 is 15.8 Å². The Hall–Kier alpha value is -1.94. The highest BCUT2D eigenvalue weighted by Gasteiger charge is 2.64. The Kier molecular flexibility index (Phi) is 6.81. The van der Waals surface area contributed by atoms with Gasteiger partial charge in [-0.1, -0.05) is 43.4 Å². The van der Waals surface area contributed by atoms with Gasteiger partial charge < -0.3 is 5.11 Å². The van der Waals surface area contributed by atoms with Crippen LogP contribution in [0.1, 0.15) is 86.0 Å². The van der Waals surface area contributed by atoms with Crippen molar-refractivity contribution in [3.63, 3.8) is 0 Å². The second kappa shape index (κ2) is 9.29. The first-order chi connectivity index (χ1) is 18.0. The summed E-state index contributed by atoms with van der Waals surface area (Å²) in [4.78, 5) is 12.7. The molecule has 0 saturated heterocycles. The standard InChI is InChI=1S/C33H45NO4S/c1-30(2,3)18-19-33(36)17-14-27-26-10-8-22-20-23(35)9-11-25(22)29(26)28(21-32(27,33)5)31(4)15-12-24(13-16-31)39(37,38)34(6)7/h12-13,15,20,26-28,36H,8-11,14,16-17,21H2,1-7H3/t26-,27-,28-,31?,32-,33+/m0/s1. The average Bonchev–Trinajstić information content (AvgIpc) is 3.12. The molecule has 5 aliphatic carbocycles. The number of carbonyl (C=O) groups is 1. The van der Waals surface area contributed by atoms with Crippen molar-refractivity contribution in [1.82, 2.24) is 4.31 Å². The van der Waals surface area contributed by atoms with Gasteiger partial charge in [0.05, 0.1) is 4.91 Å². The third kappa shape index (κ3) is 4.63. The molecule has 2 saturated carbocycles. The molecule has 6 heteroatoms. The highest BCUT2D eigenvalue weighted by Crippen LogP contribution is 2.67. The second-order valence-electron chi connectivity index (χ2n) is 14.3. The van der Waals surface area contributed by atoms with Crippen molar-refractivity contribution in [1.29, 1.82) is 0 Å². The third-order valence-corrected chi connectivity index (χ3v) is 12.3. The number of ketones is 1. The van der Waals surface area contributed by atoms with E-state index in [2.05, 4.69) is 52.5 Å². The molecule has 0 aromatic rings. The van der Waals surface area contributed by atoms with Gasteiger partial charge in [0.1, 0.15) is 5.60 Å². The molecule has 0 aromatic heterocycles. The normalized spacial score (nSPS) is 38.4. The smallest absolute Gasteiger partial charge is 0.242 e. The SMILES string of the molecule is CN(C)S(=O)(=O)C1=CCC(C)([C@H]2C[C@@]3(C)[C@@H](CC[C@@]3(O)C#CC(C)(C)C)[C@@H]3CCC4=CC(=O)CCC4=C32)C=C1. The van der Waals surface area contributed by atoms with Gasteiger partial charge in [0.2, 0.25) is 10.0 Å². The maximum absolute atomic E-state index is 12.9. The molecule has 6 atom stereocenters. The van der Waals surface area contributed by atoms with Crippen LogP contribution < -0.4 is 0 Å². The Bertz CT molecular complexity index is 1380. The molecule has 2 fully saturated rings. The Morgan fingerprint density at radius 2 is 1.82 bits per heavy atom. The molecular weight excluding hydrogens is 506 g/mol. The number of aliphatic hydroxyl groups is 1. The van der Waals surface area contributed by atoms with Gasteiger partial charge in [0.15, 0.2) is 5.78 Å². The topological polar surface area (TPSA) is 74.7 Å². The molecule has 0 spiro atoms. The molecule has 0 bridgehead atoms. The predicted molar refractivity (Wildman–Crippen MR) is 156 cm³/mol. The van der Waals surface area contributed by atoms with Gasteiger partial charge in [-0.2, -0.15) is 0 Å². The van der Waals surface area contributed by atoms with E-state index in [1.807, 2.05) is 12.2 Å². The van der Waals surface area contributed by atoms with Crippen LogP contribution in [0.4, 0.5) is 0 Å². The van der Waals surface area contributed by atoms with E-state index < -0.39 is 15.6 Å². The van der Waals surface area contributed by atoms with Crippen LogP contribution >= 0.6 is 0 Å². The van der Waals surface area contributed by atoms with Crippen LogP contribution in [0.5, 0.6) is 0 Å². The zero-order chi connectivity index (χ0) is 28.6. The maximum Gasteiger partial charge on any atom is 0.242 e. The Labute approximate surface area is 235 Å². The molecule has 1 N–H and O–H groups in total. The van der Waals surface area contributed by atoms with E-state index >= 15 is 0 Å². The fraction of sp³-hybridized carbons (Fsp3) is 0.667. The van der Waals surface area contributed by atoms with Gasteiger partial charge in [0, 0.05) is 31.3 Å². The molecule has 5 aliphatic rings. The fourth-order valence-corrected chi connectivity index (χ4v) is 9.10. The molecule has 212 valence electrons. The molecule has 5 rings (SSSR count). The van der Waals surface area contributed by atoms with Crippen molar-refractivity contribution in [2.24, 2.45) is 34.0 Å². The van der Waals surface area contributed by atoms with Gasteiger partial charge in [-0.3, -0.25) is 4.79 Å². The van der Waals surface area contributed by atoms with E-state index in [0.29, 0.717) is 36.0 Å². The minimum Gasteiger partial charge on any atom is -0.377 e. The number of rotatable bonds is 3. The monoisotopic (exact) mass is 551 g/mol. The Balaban J connectivity index is 1.63. The van der Waals surface area contributed by atoms with Gasteiger partial charge in [0.25, 0.3) is 0 Å². The minimum atomic E-state index is -3.50. The van der Waals surface area contributed by atoms with Gasteiger partial charge >= 0.3 is 0 Å². The number of allylic oxidation sites excluding steroid dienone is 7. The summed E-state index contributed by atoms with van der Waals surface area (Å²) < 4.78 is 27.0. The van der Waals surface area contributed by atoms with E-state index in [1.165, 1.54) is 21.0 Å². The van der Waals surface area contributed by atoms with Crippen molar-refractivity contribution < 1.29 is 18.3 Å². The lowest BCUT2D eigenvalue weighted by Crippen LogP contribution is -2.54. The van der Waals surface area contributed by atoms with Gasteiger partial charge in [-0.05, 0) is 112 Å². The van der Waals surface area contributed by atoms with Crippen molar-refractivity contribution in [2.75, 3.05) is 14.1 Å². The summed E-state index contributed by atoms with van der Waals surface area (Å²) >= 11 is 0. The Morgan fingerprint density at radius 1 is 1.10 bits per heavy atom. The first kappa shape index (κ1) is 28.6. The highest BCUT2D eigenvalue weighted by molar-refractivity contribution is 7.93. The lowest BCUT2D eigenvalue weighted by Gasteiger charge is -2.57. The lowest BCUT2D eigenvalue weighted by molar-refractivity contribution is -0.114. The first-order valence-electron chi connectivity index (χ1n) is 14.6. The molecule has 0 amide bonds. The van der Waals surface area contributed by atoms with E-state index in [9.17, 15) is 18.3 Å². The number of sulfonamides is 1.